The normalized spacial score (nSPS) is 10.5. The smallest absolute Gasteiger partial charge is 0.146 e. The van der Waals surface area contributed by atoms with Crippen LogP contribution in [0.25, 0.3) is 10.9 Å². The summed E-state index contributed by atoms with van der Waals surface area (Å²) in [4.78, 5) is 8.45. The van der Waals surface area contributed by atoms with Gasteiger partial charge in [-0.3, -0.25) is 15.4 Å². The highest BCUT2D eigenvalue weighted by atomic mass is 16.5. The number of hydrogen-bond donors (Lipinski definition) is 2. The zero-order chi connectivity index (χ0) is 14.7. The van der Waals surface area contributed by atoms with Crippen LogP contribution in [-0.2, 0) is 6.61 Å². The van der Waals surface area contributed by atoms with Gasteiger partial charge in [0.05, 0.1) is 0 Å². The molecule has 0 spiro atoms. The molecule has 0 aliphatic heterocycles. The van der Waals surface area contributed by atoms with Crippen molar-refractivity contribution in [3.63, 3.8) is 0 Å². The van der Waals surface area contributed by atoms with Crippen molar-refractivity contribution in [3.05, 3.63) is 66.1 Å². The molecule has 2 heterocycles. The number of nitrogens with one attached hydrogen (secondary N) is 1. The first-order chi connectivity index (χ1) is 10.3. The second-order valence-electron chi connectivity index (χ2n) is 4.54. The number of fused-ring (bicyclic) bond motifs is 1. The zero-order valence-corrected chi connectivity index (χ0v) is 11.3. The highest BCUT2D eigenvalue weighted by Gasteiger charge is 2.08. The van der Waals surface area contributed by atoms with Crippen molar-refractivity contribution in [1.29, 1.82) is 5.41 Å². The number of rotatable bonds is 4. The van der Waals surface area contributed by atoms with Crippen LogP contribution in [0.4, 0.5) is 0 Å². The van der Waals surface area contributed by atoms with Gasteiger partial charge in [-0.15, -0.1) is 0 Å². The van der Waals surface area contributed by atoms with Crippen molar-refractivity contribution < 1.29 is 4.74 Å². The van der Waals surface area contributed by atoms with Gasteiger partial charge < -0.3 is 10.5 Å². The number of ether oxygens (including phenoxy) is 1. The van der Waals surface area contributed by atoms with Gasteiger partial charge in [0, 0.05) is 23.3 Å². The molecule has 2 aromatic heterocycles. The molecule has 0 unspecified atom stereocenters. The van der Waals surface area contributed by atoms with Crippen molar-refractivity contribution >= 4 is 16.7 Å². The average molecular weight is 278 g/mol. The van der Waals surface area contributed by atoms with Gasteiger partial charge in [-0.1, -0.05) is 24.3 Å². The van der Waals surface area contributed by atoms with Crippen molar-refractivity contribution in [2.24, 2.45) is 5.73 Å². The predicted molar refractivity (Wildman–Crippen MR) is 81.3 cm³/mol. The molecule has 3 rings (SSSR count). The third kappa shape index (κ3) is 2.67. The fourth-order valence-electron chi connectivity index (χ4n) is 2.15. The van der Waals surface area contributed by atoms with Gasteiger partial charge in [0.2, 0.25) is 0 Å². The lowest BCUT2D eigenvalue weighted by Gasteiger charge is -2.10. The van der Waals surface area contributed by atoms with Crippen molar-refractivity contribution in [2.45, 2.75) is 6.61 Å². The molecule has 104 valence electrons. The highest BCUT2D eigenvalue weighted by molar-refractivity contribution is 5.94. The van der Waals surface area contributed by atoms with E-state index in [4.69, 9.17) is 15.9 Å². The highest BCUT2D eigenvalue weighted by Crippen LogP contribution is 2.24. The molecule has 0 radical (unpaired) electrons. The van der Waals surface area contributed by atoms with E-state index in [0.717, 1.165) is 16.5 Å². The Labute approximate surface area is 121 Å². The Morgan fingerprint density at radius 3 is 2.67 bits per heavy atom. The van der Waals surface area contributed by atoms with Gasteiger partial charge in [0.15, 0.2) is 0 Å². The van der Waals surface area contributed by atoms with Crippen LogP contribution < -0.4 is 10.5 Å². The topological polar surface area (TPSA) is 84.9 Å². The molecule has 0 atom stereocenters. The summed E-state index contributed by atoms with van der Waals surface area (Å²) in [5.74, 6) is 0.636. The summed E-state index contributed by atoms with van der Waals surface area (Å²) in [5, 5.41) is 8.56. The molecule has 3 aromatic rings. The van der Waals surface area contributed by atoms with Crippen LogP contribution in [0.15, 0.2) is 54.9 Å². The molecule has 0 aliphatic carbocycles. The number of aromatic nitrogens is 2. The van der Waals surface area contributed by atoms with Gasteiger partial charge in [-0.2, -0.15) is 0 Å². The van der Waals surface area contributed by atoms with Crippen molar-refractivity contribution in [3.8, 4) is 5.75 Å². The molecule has 5 heteroatoms. The predicted octanol–water partition coefficient (Wildman–Crippen LogP) is 2.49. The summed E-state index contributed by atoms with van der Waals surface area (Å²) in [6, 6.07) is 13.3. The molecular formula is C16H14N4O. The second kappa shape index (κ2) is 5.58. The van der Waals surface area contributed by atoms with E-state index in [1.807, 2.05) is 36.4 Å². The second-order valence-corrected chi connectivity index (χ2v) is 4.54. The average Bonchev–Trinajstić information content (AvgIpc) is 2.53. The van der Waals surface area contributed by atoms with Gasteiger partial charge >= 0.3 is 0 Å². The zero-order valence-electron chi connectivity index (χ0n) is 11.3. The first-order valence-electron chi connectivity index (χ1n) is 6.50. The Morgan fingerprint density at radius 2 is 1.81 bits per heavy atom. The largest absolute Gasteiger partial charge is 0.487 e. The van der Waals surface area contributed by atoms with Crippen LogP contribution in [0.5, 0.6) is 5.75 Å². The van der Waals surface area contributed by atoms with Crippen LogP contribution in [0.3, 0.4) is 0 Å². The van der Waals surface area contributed by atoms with Gasteiger partial charge in [0.25, 0.3) is 0 Å². The summed E-state index contributed by atoms with van der Waals surface area (Å²) in [6.07, 6.45) is 3.35. The van der Waals surface area contributed by atoms with Crippen LogP contribution >= 0.6 is 0 Å². The van der Waals surface area contributed by atoms with Gasteiger partial charge in [-0.25, -0.2) is 0 Å². The number of amidine groups is 1. The van der Waals surface area contributed by atoms with E-state index in [1.54, 1.807) is 18.5 Å². The Bertz CT molecular complexity index is 796. The minimum absolute atomic E-state index is 0.0646. The molecular weight excluding hydrogens is 264 g/mol. The van der Waals surface area contributed by atoms with Gasteiger partial charge in [-0.05, 0) is 18.2 Å². The summed E-state index contributed by atoms with van der Waals surface area (Å²) in [6.45, 7) is 0.290. The van der Waals surface area contributed by atoms with Crippen LogP contribution in [0.1, 0.15) is 11.3 Å². The van der Waals surface area contributed by atoms with E-state index in [2.05, 4.69) is 9.97 Å². The first-order valence-corrected chi connectivity index (χ1v) is 6.50. The number of pyridine rings is 2. The Balaban J connectivity index is 1.89. The number of nitrogen functional groups attached to an aromatic ring is 1. The molecule has 3 N–H and O–H groups in total. The number of hydrogen-bond acceptors (Lipinski definition) is 4. The Morgan fingerprint density at radius 1 is 1.05 bits per heavy atom. The molecule has 21 heavy (non-hydrogen) atoms. The minimum Gasteiger partial charge on any atom is -0.487 e. The van der Waals surface area contributed by atoms with Crippen LogP contribution in [0.2, 0.25) is 0 Å². The summed E-state index contributed by atoms with van der Waals surface area (Å²) < 4.78 is 5.84. The summed E-state index contributed by atoms with van der Waals surface area (Å²) in [7, 11) is 0. The SMILES string of the molecule is N=C(N)c1ncccc1COc1cccc2cccnc12. The third-order valence-electron chi connectivity index (χ3n) is 3.13. The lowest BCUT2D eigenvalue weighted by atomic mass is 10.2. The van der Waals surface area contributed by atoms with E-state index in [-0.39, 0.29) is 5.84 Å². The number of para-hydroxylation sites is 1. The lowest BCUT2D eigenvalue weighted by molar-refractivity contribution is 0.308. The van der Waals surface area contributed by atoms with E-state index in [9.17, 15) is 0 Å². The monoisotopic (exact) mass is 278 g/mol. The van der Waals surface area contributed by atoms with Gasteiger partial charge in [0.1, 0.15) is 29.4 Å². The lowest BCUT2D eigenvalue weighted by Crippen LogP contribution is -2.16. The first kappa shape index (κ1) is 13.1. The molecule has 0 bridgehead atoms. The molecule has 0 aliphatic rings. The van der Waals surface area contributed by atoms with E-state index in [0.29, 0.717) is 18.1 Å². The number of benzene rings is 1. The minimum atomic E-state index is -0.0646. The molecule has 1 aromatic carbocycles. The quantitative estimate of drug-likeness (QED) is 0.567. The molecule has 0 saturated heterocycles. The van der Waals surface area contributed by atoms with Crippen LogP contribution in [0, 0.1) is 5.41 Å². The summed E-state index contributed by atoms with van der Waals surface area (Å²) in [5.41, 5.74) is 7.57. The van der Waals surface area contributed by atoms with E-state index in [1.165, 1.54) is 0 Å². The molecule has 0 amide bonds. The van der Waals surface area contributed by atoms with E-state index < -0.39 is 0 Å². The standard InChI is InChI=1S/C16H14N4O/c17-16(18)15-12(6-3-9-20-15)10-21-13-7-1-4-11-5-2-8-19-14(11)13/h1-9H,10H2,(H3,17,18). The third-order valence-corrected chi connectivity index (χ3v) is 3.13. The number of nitrogens with two attached hydrogens (primary N) is 1. The summed E-state index contributed by atoms with van der Waals surface area (Å²) >= 11 is 0. The Kier molecular flexibility index (Phi) is 3.47. The Hall–Kier alpha value is -2.95. The number of nitrogens with zero attached hydrogens (tertiary/aromatic N) is 2. The molecule has 0 saturated carbocycles. The fourth-order valence-corrected chi connectivity index (χ4v) is 2.15. The maximum Gasteiger partial charge on any atom is 0.146 e. The van der Waals surface area contributed by atoms with Crippen molar-refractivity contribution in [2.75, 3.05) is 0 Å². The van der Waals surface area contributed by atoms with E-state index >= 15 is 0 Å². The van der Waals surface area contributed by atoms with Crippen LogP contribution in [-0.4, -0.2) is 15.8 Å². The molecule has 0 fully saturated rings. The van der Waals surface area contributed by atoms with Crippen molar-refractivity contribution in [1.82, 2.24) is 9.97 Å². The fraction of sp³-hybridized carbons (Fsp3) is 0.0625. The maximum absolute atomic E-state index is 7.54. The maximum atomic E-state index is 7.54. The molecule has 5 nitrogen and oxygen atoms in total.